The summed E-state index contributed by atoms with van der Waals surface area (Å²) in [5.74, 6) is -0.149. The molecule has 1 N–H and O–H groups in total. The summed E-state index contributed by atoms with van der Waals surface area (Å²) in [6.45, 7) is 3.98. The first-order valence-electron chi connectivity index (χ1n) is 7.01. The van der Waals surface area contributed by atoms with E-state index in [9.17, 15) is 12.8 Å². The summed E-state index contributed by atoms with van der Waals surface area (Å²) in [5, 5.41) is 3.34. The summed E-state index contributed by atoms with van der Waals surface area (Å²) >= 11 is 0. The van der Waals surface area contributed by atoms with Crippen molar-refractivity contribution in [1.29, 1.82) is 0 Å². The first kappa shape index (κ1) is 17.1. The molecule has 0 saturated carbocycles. The fraction of sp³-hybridized carbons (Fsp3) is 0.600. The van der Waals surface area contributed by atoms with Gasteiger partial charge in [-0.2, -0.15) is 0 Å². The van der Waals surface area contributed by atoms with E-state index in [4.69, 9.17) is 0 Å². The SMILES string of the molecule is CCCCC(NC(C)CS(C)(=O)=O)c1ccc(F)cc1. The molecular formula is C15H24FNO2S. The van der Waals surface area contributed by atoms with Gasteiger partial charge in [0.05, 0.1) is 5.75 Å². The van der Waals surface area contributed by atoms with E-state index in [0.29, 0.717) is 0 Å². The third-order valence-corrected chi connectivity index (χ3v) is 4.26. The Kier molecular flexibility index (Phi) is 6.62. The van der Waals surface area contributed by atoms with Crippen LogP contribution in [0.25, 0.3) is 0 Å². The molecule has 1 aromatic carbocycles. The van der Waals surface area contributed by atoms with Crippen molar-refractivity contribution in [1.82, 2.24) is 5.32 Å². The van der Waals surface area contributed by atoms with E-state index in [0.717, 1.165) is 24.8 Å². The minimum atomic E-state index is -3.00. The van der Waals surface area contributed by atoms with Crippen molar-refractivity contribution < 1.29 is 12.8 Å². The fourth-order valence-electron chi connectivity index (χ4n) is 2.30. The molecule has 0 amide bonds. The Morgan fingerprint density at radius 3 is 2.35 bits per heavy atom. The van der Waals surface area contributed by atoms with Crippen LogP contribution in [-0.2, 0) is 9.84 Å². The maximum atomic E-state index is 13.0. The zero-order valence-corrected chi connectivity index (χ0v) is 13.2. The van der Waals surface area contributed by atoms with Gasteiger partial charge in [0, 0.05) is 18.3 Å². The summed E-state index contributed by atoms with van der Waals surface area (Å²) in [5.41, 5.74) is 1.00. The van der Waals surface area contributed by atoms with Crippen molar-refractivity contribution in [3.63, 3.8) is 0 Å². The molecule has 0 radical (unpaired) electrons. The maximum Gasteiger partial charge on any atom is 0.148 e. The summed E-state index contributed by atoms with van der Waals surface area (Å²) < 4.78 is 35.6. The first-order valence-corrected chi connectivity index (χ1v) is 9.07. The molecule has 20 heavy (non-hydrogen) atoms. The summed E-state index contributed by atoms with van der Waals surface area (Å²) in [6, 6.07) is 6.34. The number of benzene rings is 1. The van der Waals surface area contributed by atoms with E-state index < -0.39 is 9.84 Å². The quantitative estimate of drug-likeness (QED) is 0.802. The number of sulfone groups is 1. The maximum absolute atomic E-state index is 13.0. The van der Waals surface area contributed by atoms with Gasteiger partial charge < -0.3 is 5.32 Å². The Bertz CT molecular complexity index is 499. The lowest BCUT2D eigenvalue weighted by atomic mass is 10.0. The smallest absolute Gasteiger partial charge is 0.148 e. The lowest BCUT2D eigenvalue weighted by Gasteiger charge is -2.23. The van der Waals surface area contributed by atoms with Gasteiger partial charge in [0.2, 0.25) is 0 Å². The van der Waals surface area contributed by atoms with Gasteiger partial charge >= 0.3 is 0 Å². The number of nitrogens with one attached hydrogen (secondary N) is 1. The largest absolute Gasteiger partial charge is 0.306 e. The van der Waals surface area contributed by atoms with E-state index in [2.05, 4.69) is 12.2 Å². The van der Waals surface area contributed by atoms with Crippen LogP contribution in [0, 0.1) is 5.82 Å². The highest BCUT2D eigenvalue weighted by atomic mass is 32.2. The highest BCUT2D eigenvalue weighted by Crippen LogP contribution is 2.20. The van der Waals surface area contributed by atoms with E-state index in [1.807, 2.05) is 6.92 Å². The summed E-state index contributed by atoms with van der Waals surface area (Å²) in [7, 11) is -3.00. The van der Waals surface area contributed by atoms with Gasteiger partial charge in [0.15, 0.2) is 0 Å². The number of halogens is 1. The van der Waals surface area contributed by atoms with Crippen molar-refractivity contribution in [2.45, 2.75) is 45.2 Å². The van der Waals surface area contributed by atoms with E-state index in [1.54, 1.807) is 12.1 Å². The Morgan fingerprint density at radius 1 is 1.25 bits per heavy atom. The van der Waals surface area contributed by atoms with Crippen molar-refractivity contribution in [3.05, 3.63) is 35.6 Å². The summed E-state index contributed by atoms with van der Waals surface area (Å²) in [4.78, 5) is 0. The normalized spacial score (nSPS) is 15.0. The van der Waals surface area contributed by atoms with Gasteiger partial charge in [0.1, 0.15) is 15.7 Å². The Morgan fingerprint density at radius 2 is 1.85 bits per heavy atom. The lowest BCUT2D eigenvalue weighted by Crippen LogP contribution is -2.35. The molecule has 2 atom stereocenters. The number of hydrogen-bond acceptors (Lipinski definition) is 3. The number of unbranched alkanes of at least 4 members (excludes halogenated alkanes) is 1. The van der Waals surface area contributed by atoms with Crippen LogP contribution in [-0.4, -0.2) is 26.5 Å². The monoisotopic (exact) mass is 301 g/mol. The van der Waals surface area contributed by atoms with Crippen LogP contribution < -0.4 is 5.32 Å². The van der Waals surface area contributed by atoms with Crippen LogP contribution in [0.15, 0.2) is 24.3 Å². The topological polar surface area (TPSA) is 46.2 Å². The minimum Gasteiger partial charge on any atom is -0.306 e. The highest BCUT2D eigenvalue weighted by molar-refractivity contribution is 7.90. The van der Waals surface area contributed by atoms with Crippen LogP contribution in [0.1, 0.15) is 44.7 Å². The van der Waals surface area contributed by atoms with Gasteiger partial charge in [-0.1, -0.05) is 31.9 Å². The molecule has 0 heterocycles. The third kappa shape index (κ3) is 6.48. The number of hydrogen-bond donors (Lipinski definition) is 1. The predicted molar refractivity (Wildman–Crippen MR) is 81.0 cm³/mol. The molecular weight excluding hydrogens is 277 g/mol. The van der Waals surface area contributed by atoms with Gasteiger partial charge in [-0.05, 0) is 31.0 Å². The minimum absolute atomic E-state index is 0.0623. The van der Waals surface area contributed by atoms with Crippen molar-refractivity contribution in [2.75, 3.05) is 12.0 Å². The molecule has 0 saturated heterocycles. The van der Waals surface area contributed by atoms with Crippen molar-refractivity contribution >= 4 is 9.84 Å². The Balaban J connectivity index is 2.76. The Hall–Kier alpha value is -0.940. The molecule has 0 aliphatic heterocycles. The summed E-state index contributed by atoms with van der Waals surface area (Å²) in [6.07, 6.45) is 4.26. The molecule has 0 fully saturated rings. The van der Waals surface area contributed by atoms with Gasteiger partial charge in [0.25, 0.3) is 0 Å². The molecule has 114 valence electrons. The lowest BCUT2D eigenvalue weighted by molar-refractivity contribution is 0.438. The molecule has 0 aliphatic carbocycles. The van der Waals surface area contributed by atoms with Crippen LogP contribution in [0.5, 0.6) is 0 Å². The van der Waals surface area contributed by atoms with Crippen LogP contribution >= 0.6 is 0 Å². The van der Waals surface area contributed by atoms with Crippen LogP contribution in [0.3, 0.4) is 0 Å². The van der Waals surface area contributed by atoms with Gasteiger partial charge in [-0.15, -0.1) is 0 Å². The standard InChI is InChI=1S/C15H24FNO2S/c1-4-5-6-15(13-7-9-14(16)10-8-13)17-12(2)11-20(3,18)19/h7-10,12,15,17H,4-6,11H2,1-3H3. The molecule has 0 aromatic heterocycles. The highest BCUT2D eigenvalue weighted by Gasteiger charge is 2.17. The zero-order valence-electron chi connectivity index (χ0n) is 12.4. The molecule has 5 heteroatoms. The average Bonchev–Trinajstić information content (AvgIpc) is 2.33. The van der Waals surface area contributed by atoms with Crippen LogP contribution in [0.2, 0.25) is 0 Å². The predicted octanol–water partition coefficient (Wildman–Crippen LogP) is 3.08. The second-order valence-corrected chi connectivity index (χ2v) is 7.59. The molecule has 0 bridgehead atoms. The second-order valence-electron chi connectivity index (χ2n) is 5.41. The van der Waals surface area contributed by atoms with Crippen molar-refractivity contribution in [3.8, 4) is 0 Å². The molecule has 2 unspecified atom stereocenters. The fourth-order valence-corrected chi connectivity index (χ4v) is 3.30. The molecule has 1 rings (SSSR count). The second kappa shape index (κ2) is 7.74. The average molecular weight is 301 g/mol. The Labute approximate surface area is 121 Å². The number of rotatable bonds is 8. The van der Waals surface area contributed by atoms with Crippen molar-refractivity contribution in [2.24, 2.45) is 0 Å². The van der Waals surface area contributed by atoms with E-state index >= 15 is 0 Å². The third-order valence-electron chi connectivity index (χ3n) is 3.16. The molecule has 1 aromatic rings. The van der Waals surface area contributed by atoms with Gasteiger partial charge in [-0.25, -0.2) is 12.8 Å². The molecule has 0 aliphatic rings. The first-order chi connectivity index (χ1) is 9.31. The molecule has 0 spiro atoms. The zero-order chi connectivity index (χ0) is 15.2. The van der Waals surface area contributed by atoms with E-state index in [1.165, 1.54) is 18.4 Å². The van der Waals surface area contributed by atoms with E-state index in [-0.39, 0.29) is 23.7 Å². The van der Waals surface area contributed by atoms with Gasteiger partial charge in [-0.3, -0.25) is 0 Å². The molecule has 3 nitrogen and oxygen atoms in total. The van der Waals surface area contributed by atoms with Crippen LogP contribution in [0.4, 0.5) is 4.39 Å².